The Balaban J connectivity index is 0.000000202. The fraction of sp³-hybridized carbons (Fsp3) is 0.452. The first-order valence-electron chi connectivity index (χ1n) is 18.0. The quantitative estimate of drug-likeness (QED) is 0.133. The number of imidazole rings is 1. The molecule has 6 heteroatoms. The van der Waals surface area contributed by atoms with Gasteiger partial charge in [-0.05, 0) is 112 Å². The van der Waals surface area contributed by atoms with Crippen molar-refractivity contribution < 1.29 is 10.2 Å². The minimum absolute atomic E-state index is 0.0231. The first-order chi connectivity index (χ1) is 23.3. The van der Waals surface area contributed by atoms with Crippen molar-refractivity contribution >= 4 is 10.9 Å². The van der Waals surface area contributed by atoms with Gasteiger partial charge in [-0.25, -0.2) is 4.98 Å². The fourth-order valence-electron chi connectivity index (χ4n) is 5.38. The van der Waals surface area contributed by atoms with E-state index in [0.29, 0.717) is 5.75 Å². The molecule has 0 bridgehead atoms. The second-order valence-electron chi connectivity index (χ2n) is 12.6. The number of rotatable bonds is 4. The van der Waals surface area contributed by atoms with E-state index in [0.717, 1.165) is 50.5 Å². The Morgan fingerprint density at radius 1 is 0.729 bits per heavy atom. The average molecular weight is 655 g/mol. The number of nitrogens with zero attached hydrogens (tertiary/aromatic N) is 1. The van der Waals surface area contributed by atoms with Crippen LogP contribution >= 0.6 is 0 Å². The summed E-state index contributed by atoms with van der Waals surface area (Å²) in [5.74, 6) is 1.11. The maximum atomic E-state index is 8.90. The smallest absolute Gasteiger partial charge is 0.115 e. The standard InChI is InChI=1S/C10H11N.C8H10O.C8H10.C6H12O.C5H8N2.C5H11N/c1-2-8-7-11-10-6-4-3-5-9(8)10;1-2-7-3-5-8(9)6-4-7;1-2-8-6-4-3-5-7-8;1-5-2-3-6(7)4-5;1-2-5-3-6-4-7-5;1-5-3-2-4-6-5/h3-7,11H,2H2,1H3;3-6,9H,2H2,1H3;3-7H,2H2,1H3;5-7H,2-4H2,1H3;3-4H,2H2,1H3,(H,6,7);5-6H,2-4H2,1H3. The number of benzene rings is 3. The van der Waals surface area contributed by atoms with Crippen LogP contribution in [0.5, 0.6) is 5.75 Å². The number of aromatic hydroxyl groups is 1. The third-order valence-corrected chi connectivity index (χ3v) is 8.56. The molecule has 1 aliphatic carbocycles. The molecule has 5 aromatic rings. The largest absolute Gasteiger partial charge is 0.508 e. The number of aliphatic hydroxyl groups excluding tert-OH is 1. The number of H-pyrrole nitrogens is 2. The number of nitrogens with one attached hydrogen (secondary N) is 3. The number of fused-ring (bicyclic) bond motifs is 1. The van der Waals surface area contributed by atoms with E-state index < -0.39 is 0 Å². The van der Waals surface area contributed by atoms with Gasteiger partial charge in [0.1, 0.15) is 5.75 Å². The molecule has 2 aliphatic rings. The van der Waals surface area contributed by atoms with Crippen LogP contribution in [0.25, 0.3) is 10.9 Å². The van der Waals surface area contributed by atoms with Crippen molar-refractivity contribution in [2.75, 3.05) is 6.54 Å². The van der Waals surface area contributed by atoms with Crippen molar-refractivity contribution in [1.82, 2.24) is 20.3 Å². The van der Waals surface area contributed by atoms with Gasteiger partial charge in [0, 0.05) is 35.0 Å². The highest BCUT2D eigenvalue weighted by Crippen LogP contribution is 2.23. The highest BCUT2D eigenvalue weighted by Gasteiger charge is 2.17. The van der Waals surface area contributed by atoms with Gasteiger partial charge in [-0.3, -0.25) is 0 Å². The summed E-state index contributed by atoms with van der Waals surface area (Å²) < 4.78 is 0. The summed E-state index contributed by atoms with van der Waals surface area (Å²) >= 11 is 0. The summed E-state index contributed by atoms with van der Waals surface area (Å²) in [6, 6.07) is 26.9. The molecular weight excluding hydrogens is 592 g/mol. The minimum atomic E-state index is 0.0231. The third kappa shape index (κ3) is 16.8. The molecular formula is C42H62N4O2. The second-order valence-corrected chi connectivity index (χ2v) is 12.6. The van der Waals surface area contributed by atoms with Crippen LogP contribution in [-0.4, -0.2) is 43.9 Å². The van der Waals surface area contributed by atoms with Crippen LogP contribution in [0.4, 0.5) is 0 Å². The van der Waals surface area contributed by atoms with E-state index in [9.17, 15) is 0 Å². The topological polar surface area (TPSA) is 97.0 Å². The maximum Gasteiger partial charge on any atom is 0.115 e. The number of aromatic nitrogens is 3. The average Bonchev–Trinajstić information content (AvgIpc) is 3.96. The molecule has 3 heterocycles. The molecule has 3 unspecified atom stereocenters. The summed E-state index contributed by atoms with van der Waals surface area (Å²) in [5.41, 5.74) is 6.50. The van der Waals surface area contributed by atoms with Crippen molar-refractivity contribution in [2.45, 2.75) is 111 Å². The molecule has 6 nitrogen and oxygen atoms in total. The Kier molecular flexibility index (Phi) is 20.4. The predicted molar refractivity (Wildman–Crippen MR) is 205 cm³/mol. The molecule has 262 valence electrons. The van der Waals surface area contributed by atoms with Gasteiger partial charge in [0.15, 0.2) is 0 Å². The van der Waals surface area contributed by atoms with E-state index in [-0.39, 0.29) is 6.10 Å². The number of phenolic OH excluding ortho intramolecular Hbond substituents is 1. The van der Waals surface area contributed by atoms with Crippen molar-refractivity contribution in [3.05, 3.63) is 120 Å². The van der Waals surface area contributed by atoms with E-state index in [1.165, 1.54) is 59.1 Å². The molecule has 5 N–H and O–H groups in total. The number of hydrogen-bond donors (Lipinski definition) is 5. The van der Waals surface area contributed by atoms with Crippen molar-refractivity contribution in [3.8, 4) is 5.75 Å². The SMILES string of the molecule is CC1CCC(O)C1.CC1CCCN1.CCc1c[nH]c2ccccc12.CCc1ccc(O)cc1.CCc1ccccc1.CCc1cnc[nH]1. The molecule has 0 radical (unpaired) electrons. The Bertz CT molecular complexity index is 1430. The van der Waals surface area contributed by atoms with E-state index in [1.807, 2.05) is 24.4 Å². The molecule has 0 amide bonds. The van der Waals surface area contributed by atoms with Gasteiger partial charge in [-0.2, -0.15) is 0 Å². The molecule has 3 aromatic carbocycles. The zero-order valence-electron chi connectivity index (χ0n) is 30.4. The monoisotopic (exact) mass is 654 g/mol. The number of aliphatic hydroxyl groups is 1. The lowest BCUT2D eigenvalue weighted by molar-refractivity contribution is 0.179. The lowest BCUT2D eigenvalue weighted by atomic mass is 10.1. The van der Waals surface area contributed by atoms with E-state index in [2.05, 4.69) is 117 Å². The van der Waals surface area contributed by atoms with Crippen LogP contribution < -0.4 is 5.32 Å². The lowest BCUT2D eigenvalue weighted by Crippen LogP contribution is -2.16. The molecule has 1 saturated carbocycles. The molecule has 48 heavy (non-hydrogen) atoms. The summed E-state index contributed by atoms with van der Waals surface area (Å²) in [7, 11) is 0. The second kappa shape index (κ2) is 24.3. The van der Waals surface area contributed by atoms with Gasteiger partial charge in [0.25, 0.3) is 0 Å². The molecule has 2 aromatic heterocycles. The van der Waals surface area contributed by atoms with Crippen LogP contribution in [0.2, 0.25) is 0 Å². The summed E-state index contributed by atoms with van der Waals surface area (Å²) in [4.78, 5) is 10.1. The first kappa shape index (κ1) is 40.3. The number of hydrogen-bond acceptors (Lipinski definition) is 4. The Hall–Kier alpha value is -3.87. The molecule has 7 rings (SSSR count). The van der Waals surface area contributed by atoms with E-state index >= 15 is 0 Å². The van der Waals surface area contributed by atoms with Gasteiger partial charge in [-0.15, -0.1) is 0 Å². The van der Waals surface area contributed by atoms with Crippen molar-refractivity contribution in [3.63, 3.8) is 0 Å². The van der Waals surface area contributed by atoms with Crippen LogP contribution in [0.3, 0.4) is 0 Å². The molecule has 1 aliphatic heterocycles. The zero-order valence-corrected chi connectivity index (χ0v) is 30.4. The zero-order chi connectivity index (χ0) is 35.0. The Morgan fingerprint density at radius 2 is 1.40 bits per heavy atom. The van der Waals surface area contributed by atoms with Crippen molar-refractivity contribution in [1.29, 1.82) is 0 Å². The minimum Gasteiger partial charge on any atom is -0.508 e. The molecule has 1 saturated heterocycles. The van der Waals surface area contributed by atoms with Gasteiger partial charge in [0.05, 0.1) is 12.4 Å². The van der Waals surface area contributed by atoms with Gasteiger partial charge < -0.3 is 25.5 Å². The lowest BCUT2D eigenvalue weighted by Gasteiger charge is -1.95. The first-order valence-corrected chi connectivity index (χ1v) is 18.0. The fourth-order valence-corrected chi connectivity index (χ4v) is 5.38. The normalized spacial score (nSPS) is 17.5. The number of para-hydroxylation sites is 1. The number of phenols is 1. The third-order valence-electron chi connectivity index (χ3n) is 8.56. The summed E-state index contributed by atoms with van der Waals surface area (Å²) in [6.07, 6.45) is 16.0. The summed E-state index contributed by atoms with van der Waals surface area (Å²) in [5, 5.41) is 22.4. The van der Waals surface area contributed by atoms with E-state index in [1.54, 1.807) is 18.5 Å². The predicted octanol–water partition coefficient (Wildman–Crippen LogP) is 9.83. The van der Waals surface area contributed by atoms with Gasteiger partial charge in [0.2, 0.25) is 0 Å². The van der Waals surface area contributed by atoms with Crippen LogP contribution in [0.15, 0.2) is 97.6 Å². The highest BCUT2D eigenvalue weighted by molar-refractivity contribution is 5.82. The van der Waals surface area contributed by atoms with Crippen LogP contribution in [0, 0.1) is 5.92 Å². The van der Waals surface area contributed by atoms with Gasteiger partial charge >= 0.3 is 0 Å². The number of aryl methyl sites for hydroxylation is 4. The van der Waals surface area contributed by atoms with Gasteiger partial charge in [-0.1, -0.05) is 95.3 Å². The van der Waals surface area contributed by atoms with Crippen molar-refractivity contribution in [2.24, 2.45) is 5.92 Å². The van der Waals surface area contributed by atoms with E-state index in [4.69, 9.17) is 10.2 Å². The Morgan fingerprint density at radius 3 is 1.81 bits per heavy atom. The van der Waals surface area contributed by atoms with Crippen LogP contribution in [-0.2, 0) is 25.7 Å². The highest BCUT2D eigenvalue weighted by atomic mass is 16.3. The Labute approximate surface area is 290 Å². The number of aromatic amines is 2. The molecule has 2 fully saturated rings. The van der Waals surface area contributed by atoms with Crippen LogP contribution in [0.1, 0.15) is 96.0 Å². The molecule has 0 spiro atoms. The molecule has 3 atom stereocenters. The summed E-state index contributed by atoms with van der Waals surface area (Å²) in [6.45, 7) is 14.2. The maximum absolute atomic E-state index is 8.90.